The molecule has 1 heterocycles. The molecular formula is C21H36N2O2. The predicted octanol–water partition coefficient (Wildman–Crippen LogP) is 4.11. The predicted molar refractivity (Wildman–Crippen MR) is 104 cm³/mol. The molecule has 0 aromatic heterocycles. The number of nitrogens with zero attached hydrogens (tertiary/aromatic N) is 1. The number of nitrogens with one attached hydrogen (secondary N) is 1. The molecule has 0 saturated carbocycles. The fourth-order valence-corrected chi connectivity index (χ4v) is 3.47. The average Bonchev–Trinajstić information content (AvgIpc) is 2.63. The first-order chi connectivity index (χ1) is 12.2. The Morgan fingerprint density at radius 2 is 1.84 bits per heavy atom. The molecule has 1 aliphatic rings. The Labute approximate surface area is 153 Å². The monoisotopic (exact) mass is 348 g/mol. The molecular weight excluding hydrogens is 312 g/mol. The molecule has 0 spiro atoms. The van der Waals surface area contributed by atoms with Crippen LogP contribution in [0.2, 0.25) is 0 Å². The minimum Gasteiger partial charge on any atom is -0.349 e. The first-order valence-electron chi connectivity index (χ1n) is 10.0. The lowest BCUT2D eigenvalue weighted by molar-refractivity contribution is -0.140. The van der Waals surface area contributed by atoms with Gasteiger partial charge in [-0.15, -0.1) is 0 Å². The van der Waals surface area contributed by atoms with E-state index in [4.69, 9.17) is 9.47 Å². The second-order valence-electron chi connectivity index (χ2n) is 6.90. The van der Waals surface area contributed by atoms with Gasteiger partial charge in [0.1, 0.15) is 0 Å². The molecule has 1 fully saturated rings. The Morgan fingerprint density at radius 3 is 2.48 bits per heavy atom. The van der Waals surface area contributed by atoms with Crippen molar-refractivity contribution in [1.29, 1.82) is 0 Å². The van der Waals surface area contributed by atoms with E-state index in [0.29, 0.717) is 13.2 Å². The lowest BCUT2D eigenvalue weighted by atomic mass is 10.0. The minimum atomic E-state index is -0.247. The van der Waals surface area contributed by atoms with Gasteiger partial charge in [-0.05, 0) is 65.2 Å². The summed E-state index contributed by atoms with van der Waals surface area (Å²) in [6.45, 7) is 12.2. The van der Waals surface area contributed by atoms with Crippen LogP contribution in [-0.4, -0.2) is 43.8 Å². The van der Waals surface area contributed by atoms with Crippen LogP contribution in [0.4, 0.5) is 0 Å². The van der Waals surface area contributed by atoms with E-state index in [0.717, 1.165) is 24.7 Å². The van der Waals surface area contributed by atoms with Gasteiger partial charge < -0.3 is 19.7 Å². The molecule has 25 heavy (non-hydrogen) atoms. The zero-order valence-corrected chi connectivity index (χ0v) is 16.3. The summed E-state index contributed by atoms with van der Waals surface area (Å²) in [5.74, 6) is 0. The number of rotatable bonds is 11. The van der Waals surface area contributed by atoms with Gasteiger partial charge >= 0.3 is 0 Å². The highest BCUT2D eigenvalue weighted by Gasteiger charge is 2.17. The van der Waals surface area contributed by atoms with Crippen molar-refractivity contribution in [3.8, 4) is 0 Å². The summed E-state index contributed by atoms with van der Waals surface area (Å²) in [6.07, 6.45) is 5.11. The Morgan fingerprint density at radius 1 is 1.12 bits per heavy atom. The molecule has 1 aliphatic heterocycles. The molecule has 1 saturated heterocycles. The summed E-state index contributed by atoms with van der Waals surface area (Å²) in [5, 5.41) is 3.57. The van der Waals surface area contributed by atoms with Gasteiger partial charge in [-0.25, -0.2) is 0 Å². The van der Waals surface area contributed by atoms with Crippen LogP contribution in [0.15, 0.2) is 24.3 Å². The van der Waals surface area contributed by atoms with Crippen LogP contribution in [0.5, 0.6) is 0 Å². The number of hydrogen-bond donors (Lipinski definition) is 1. The average molecular weight is 349 g/mol. The van der Waals surface area contributed by atoms with Crippen molar-refractivity contribution < 1.29 is 9.47 Å². The van der Waals surface area contributed by atoms with Crippen LogP contribution in [0.3, 0.4) is 0 Å². The van der Waals surface area contributed by atoms with Crippen LogP contribution < -0.4 is 5.32 Å². The molecule has 0 radical (unpaired) electrons. The van der Waals surface area contributed by atoms with Crippen molar-refractivity contribution >= 4 is 0 Å². The summed E-state index contributed by atoms with van der Waals surface area (Å²) in [6, 6.07) is 9.33. The van der Waals surface area contributed by atoms with Crippen LogP contribution >= 0.6 is 0 Å². The number of ether oxygens (including phenoxy) is 2. The van der Waals surface area contributed by atoms with Crippen molar-refractivity contribution in [2.24, 2.45) is 0 Å². The van der Waals surface area contributed by atoms with Gasteiger partial charge in [0.25, 0.3) is 0 Å². The second-order valence-corrected chi connectivity index (χ2v) is 6.90. The molecule has 0 bridgehead atoms. The normalized spacial score (nSPS) is 18.8. The zero-order chi connectivity index (χ0) is 17.9. The zero-order valence-electron chi connectivity index (χ0n) is 16.3. The number of benzene rings is 1. The maximum Gasteiger partial charge on any atom is 0.183 e. The maximum absolute atomic E-state index is 5.65. The van der Waals surface area contributed by atoms with Crippen molar-refractivity contribution in [3.05, 3.63) is 35.4 Å². The van der Waals surface area contributed by atoms with Gasteiger partial charge in [0.05, 0.1) is 0 Å². The fourth-order valence-electron chi connectivity index (χ4n) is 3.47. The lowest BCUT2D eigenvalue weighted by Gasteiger charge is -2.33. The summed E-state index contributed by atoms with van der Waals surface area (Å²) in [4.78, 5) is 2.64. The standard InChI is InChI=1S/C21H36N2O2/c1-4-24-21(25-5-2)20-12-10-19(11-13-20)17-22-14-8-16-23-15-7-6-9-18(23)3/h10-13,18,21-22H,4-9,14-17H2,1-3H3/t18-/m0/s1. The molecule has 0 unspecified atom stereocenters. The van der Waals surface area contributed by atoms with E-state index >= 15 is 0 Å². The van der Waals surface area contributed by atoms with Gasteiger partial charge in [0.2, 0.25) is 0 Å². The molecule has 2 rings (SSSR count). The van der Waals surface area contributed by atoms with Gasteiger partial charge in [-0.2, -0.15) is 0 Å². The molecule has 1 aromatic carbocycles. The Hall–Kier alpha value is -0.940. The van der Waals surface area contributed by atoms with Gasteiger partial charge in [-0.3, -0.25) is 0 Å². The summed E-state index contributed by atoms with van der Waals surface area (Å²) in [5.41, 5.74) is 2.40. The van der Waals surface area contributed by atoms with E-state index in [2.05, 4.69) is 41.4 Å². The van der Waals surface area contributed by atoms with E-state index in [9.17, 15) is 0 Å². The number of likely N-dealkylation sites (tertiary alicyclic amines) is 1. The number of piperidine rings is 1. The Kier molecular flexibility index (Phi) is 9.48. The first kappa shape index (κ1) is 20.4. The van der Waals surface area contributed by atoms with Crippen molar-refractivity contribution in [3.63, 3.8) is 0 Å². The van der Waals surface area contributed by atoms with E-state index in [-0.39, 0.29) is 6.29 Å². The minimum absolute atomic E-state index is 0.247. The van der Waals surface area contributed by atoms with Crippen LogP contribution in [-0.2, 0) is 16.0 Å². The third kappa shape index (κ3) is 7.06. The fraction of sp³-hybridized carbons (Fsp3) is 0.714. The Bertz CT molecular complexity index is 457. The molecule has 0 aliphatic carbocycles. The highest BCUT2D eigenvalue weighted by atomic mass is 16.7. The summed E-state index contributed by atoms with van der Waals surface area (Å²) in [7, 11) is 0. The molecule has 4 nitrogen and oxygen atoms in total. The van der Waals surface area contributed by atoms with E-state index in [1.165, 1.54) is 44.3 Å². The molecule has 4 heteroatoms. The topological polar surface area (TPSA) is 33.7 Å². The highest BCUT2D eigenvalue weighted by molar-refractivity contribution is 5.23. The number of hydrogen-bond acceptors (Lipinski definition) is 4. The largest absolute Gasteiger partial charge is 0.349 e. The highest BCUT2D eigenvalue weighted by Crippen LogP contribution is 2.19. The summed E-state index contributed by atoms with van der Waals surface area (Å²) < 4.78 is 11.3. The quantitative estimate of drug-likeness (QED) is 0.482. The maximum atomic E-state index is 5.65. The molecule has 1 N–H and O–H groups in total. The molecule has 0 amide bonds. The Balaban J connectivity index is 1.67. The second kappa shape index (κ2) is 11.6. The van der Waals surface area contributed by atoms with E-state index < -0.39 is 0 Å². The van der Waals surface area contributed by atoms with Gasteiger partial charge in [0, 0.05) is 31.4 Å². The van der Waals surface area contributed by atoms with E-state index in [1.54, 1.807) is 0 Å². The van der Waals surface area contributed by atoms with E-state index in [1.807, 2.05) is 13.8 Å². The van der Waals surface area contributed by atoms with Crippen molar-refractivity contribution in [2.45, 2.75) is 65.3 Å². The third-order valence-electron chi connectivity index (χ3n) is 4.96. The van der Waals surface area contributed by atoms with Crippen molar-refractivity contribution in [2.75, 3.05) is 32.8 Å². The smallest absolute Gasteiger partial charge is 0.183 e. The molecule has 142 valence electrons. The lowest BCUT2D eigenvalue weighted by Crippen LogP contribution is -2.38. The van der Waals surface area contributed by atoms with Crippen LogP contribution in [0.25, 0.3) is 0 Å². The molecule has 1 aromatic rings. The van der Waals surface area contributed by atoms with Crippen LogP contribution in [0, 0.1) is 0 Å². The van der Waals surface area contributed by atoms with Gasteiger partial charge in [0.15, 0.2) is 6.29 Å². The van der Waals surface area contributed by atoms with Crippen molar-refractivity contribution in [1.82, 2.24) is 10.2 Å². The third-order valence-corrected chi connectivity index (χ3v) is 4.96. The summed E-state index contributed by atoms with van der Waals surface area (Å²) >= 11 is 0. The van der Waals surface area contributed by atoms with Gasteiger partial charge in [-0.1, -0.05) is 30.7 Å². The van der Waals surface area contributed by atoms with Crippen LogP contribution in [0.1, 0.15) is 63.9 Å². The molecule has 1 atom stereocenters. The SMILES string of the molecule is CCOC(OCC)c1ccc(CNCCCN2CCCC[C@@H]2C)cc1. The first-order valence-corrected chi connectivity index (χ1v) is 10.0.